The van der Waals surface area contributed by atoms with E-state index in [-0.39, 0.29) is 12.1 Å². The Bertz CT molecular complexity index is 499. The van der Waals surface area contributed by atoms with Gasteiger partial charge in [0.2, 0.25) is 0 Å². The Kier molecular flexibility index (Phi) is 5.64. The molecule has 0 aromatic carbocycles. The zero-order chi connectivity index (χ0) is 16.2. The van der Waals surface area contributed by atoms with Gasteiger partial charge < -0.3 is 10.1 Å². The zero-order valence-corrected chi connectivity index (χ0v) is 14.2. The molecule has 1 atom stereocenters. The number of piperidine rings is 1. The first-order valence-electron chi connectivity index (χ1n) is 7.64. The summed E-state index contributed by atoms with van der Waals surface area (Å²) in [6, 6.07) is 3.92. The maximum absolute atomic E-state index is 11.9. The number of amides is 1. The van der Waals surface area contributed by atoms with Gasteiger partial charge in [-0.1, -0.05) is 17.7 Å². The predicted molar refractivity (Wildman–Crippen MR) is 86.9 cm³/mol. The summed E-state index contributed by atoms with van der Waals surface area (Å²) in [6.45, 7) is 8.27. The second kappa shape index (κ2) is 7.29. The van der Waals surface area contributed by atoms with Crippen molar-refractivity contribution in [2.75, 3.05) is 13.1 Å². The third-order valence-electron chi connectivity index (χ3n) is 3.42. The molecule has 1 aromatic rings. The molecule has 1 aliphatic rings. The van der Waals surface area contributed by atoms with E-state index >= 15 is 0 Å². The van der Waals surface area contributed by atoms with Crippen molar-refractivity contribution in [3.05, 3.63) is 29.0 Å². The fourth-order valence-electron chi connectivity index (χ4n) is 2.55. The third kappa shape index (κ3) is 5.81. The number of alkyl carbamates (subject to hydrolysis) is 1. The fraction of sp³-hybridized carbons (Fsp3) is 0.625. The van der Waals surface area contributed by atoms with Crippen molar-refractivity contribution in [1.82, 2.24) is 15.2 Å². The lowest BCUT2D eigenvalue weighted by molar-refractivity contribution is 0.0470. The quantitative estimate of drug-likeness (QED) is 0.867. The first-order chi connectivity index (χ1) is 10.3. The van der Waals surface area contributed by atoms with Crippen LogP contribution in [0, 0.1) is 0 Å². The largest absolute Gasteiger partial charge is 0.444 e. The first-order valence-corrected chi connectivity index (χ1v) is 8.02. The van der Waals surface area contributed by atoms with E-state index < -0.39 is 5.60 Å². The third-order valence-corrected chi connectivity index (χ3v) is 3.64. The van der Waals surface area contributed by atoms with E-state index in [1.54, 1.807) is 12.3 Å². The van der Waals surface area contributed by atoms with E-state index in [9.17, 15) is 4.79 Å². The number of rotatable bonds is 3. The standard InChI is InChI=1S/C16H24ClN3O2/c1-16(2,3)22-15(21)19-13-5-4-8-20(11-13)10-12-6-7-14(17)18-9-12/h6-7,9,13H,4-5,8,10-11H2,1-3H3,(H,19,21)/t13-/m1/s1. The van der Waals surface area contributed by atoms with Crippen LogP contribution in [0.1, 0.15) is 39.2 Å². The highest BCUT2D eigenvalue weighted by molar-refractivity contribution is 6.29. The highest BCUT2D eigenvalue weighted by Gasteiger charge is 2.24. The van der Waals surface area contributed by atoms with Crippen LogP contribution in [0.2, 0.25) is 5.15 Å². The van der Waals surface area contributed by atoms with Crippen molar-refractivity contribution in [1.29, 1.82) is 0 Å². The zero-order valence-electron chi connectivity index (χ0n) is 13.4. The van der Waals surface area contributed by atoms with Crippen molar-refractivity contribution in [2.24, 2.45) is 0 Å². The van der Waals surface area contributed by atoms with E-state index in [2.05, 4.69) is 15.2 Å². The molecule has 0 spiro atoms. The minimum atomic E-state index is -0.465. The predicted octanol–water partition coefficient (Wildman–Crippen LogP) is 3.22. The number of carbonyl (C=O) groups is 1. The van der Waals surface area contributed by atoms with Crippen LogP contribution in [0.3, 0.4) is 0 Å². The number of hydrogen-bond donors (Lipinski definition) is 1. The van der Waals surface area contributed by atoms with Gasteiger partial charge in [-0.25, -0.2) is 9.78 Å². The van der Waals surface area contributed by atoms with Gasteiger partial charge in [-0.05, 0) is 51.8 Å². The van der Waals surface area contributed by atoms with Crippen LogP contribution >= 0.6 is 11.6 Å². The van der Waals surface area contributed by atoms with Crippen molar-refractivity contribution in [2.45, 2.75) is 51.8 Å². The number of ether oxygens (including phenoxy) is 1. The van der Waals surface area contributed by atoms with Crippen LogP contribution in [-0.2, 0) is 11.3 Å². The van der Waals surface area contributed by atoms with E-state index in [4.69, 9.17) is 16.3 Å². The molecule has 1 aliphatic heterocycles. The van der Waals surface area contributed by atoms with Gasteiger partial charge in [-0.15, -0.1) is 0 Å². The van der Waals surface area contributed by atoms with Gasteiger partial charge in [0.05, 0.1) is 0 Å². The number of carbonyl (C=O) groups excluding carboxylic acids is 1. The summed E-state index contributed by atoms with van der Waals surface area (Å²) < 4.78 is 5.31. The summed E-state index contributed by atoms with van der Waals surface area (Å²) in [4.78, 5) is 18.3. The van der Waals surface area contributed by atoms with Crippen molar-refractivity contribution < 1.29 is 9.53 Å². The minimum absolute atomic E-state index is 0.129. The van der Waals surface area contributed by atoms with Crippen LogP contribution < -0.4 is 5.32 Å². The summed E-state index contributed by atoms with van der Waals surface area (Å²) in [5.41, 5.74) is 0.662. The van der Waals surface area contributed by atoms with E-state index in [0.29, 0.717) is 5.15 Å². The van der Waals surface area contributed by atoms with Gasteiger partial charge >= 0.3 is 6.09 Å². The minimum Gasteiger partial charge on any atom is -0.444 e. The molecule has 1 aromatic heterocycles. The lowest BCUT2D eigenvalue weighted by Crippen LogP contribution is -2.48. The number of nitrogens with zero attached hydrogens (tertiary/aromatic N) is 2. The van der Waals surface area contributed by atoms with Crippen LogP contribution in [-0.4, -0.2) is 40.7 Å². The molecule has 22 heavy (non-hydrogen) atoms. The lowest BCUT2D eigenvalue weighted by Gasteiger charge is -2.33. The van der Waals surface area contributed by atoms with Gasteiger partial charge in [0.15, 0.2) is 0 Å². The molecule has 122 valence electrons. The summed E-state index contributed by atoms with van der Waals surface area (Å²) >= 11 is 5.80. The van der Waals surface area contributed by atoms with Crippen LogP contribution in [0.25, 0.3) is 0 Å². The fourth-order valence-corrected chi connectivity index (χ4v) is 2.66. The molecule has 2 heterocycles. The number of nitrogens with one attached hydrogen (secondary N) is 1. The topological polar surface area (TPSA) is 54.5 Å². The Labute approximate surface area is 137 Å². The first kappa shape index (κ1) is 17.0. The highest BCUT2D eigenvalue weighted by Crippen LogP contribution is 2.15. The molecule has 1 N–H and O–H groups in total. The molecule has 5 nitrogen and oxygen atoms in total. The smallest absolute Gasteiger partial charge is 0.407 e. The van der Waals surface area contributed by atoms with Crippen molar-refractivity contribution >= 4 is 17.7 Å². The van der Waals surface area contributed by atoms with Crippen LogP contribution in [0.4, 0.5) is 4.79 Å². The second-order valence-electron chi connectivity index (χ2n) is 6.71. The average Bonchev–Trinajstić information content (AvgIpc) is 2.39. The SMILES string of the molecule is CC(C)(C)OC(=O)N[C@@H]1CCCN(Cc2ccc(Cl)nc2)C1. The van der Waals surface area contributed by atoms with Gasteiger partial charge in [0.25, 0.3) is 0 Å². The molecule has 6 heteroatoms. The van der Waals surface area contributed by atoms with E-state index in [1.807, 2.05) is 26.8 Å². The number of aromatic nitrogens is 1. The molecule has 0 saturated carbocycles. The number of pyridine rings is 1. The van der Waals surface area contributed by atoms with Gasteiger partial charge in [0, 0.05) is 25.3 Å². The Hall–Kier alpha value is -1.33. The summed E-state index contributed by atoms with van der Waals surface area (Å²) in [6.07, 6.45) is 3.50. The molecule has 0 aliphatic carbocycles. The number of hydrogen-bond acceptors (Lipinski definition) is 4. The molecule has 0 unspecified atom stereocenters. The highest BCUT2D eigenvalue weighted by atomic mass is 35.5. The van der Waals surface area contributed by atoms with Crippen molar-refractivity contribution in [3.8, 4) is 0 Å². The Balaban J connectivity index is 1.83. The number of halogens is 1. The van der Waals surface area contributed by atoms with Crippen LogP contribution in [0.15, 0.2) is 18.3 Å². The molecule has 1 amide bonds. The Morgan fingerprint density at radius 1 is 1.50 bits per heavy atom. The molecule has 0 radical (unpaired) electrons. The number of likely N-dealkylation sites (tertiary alicyclic amines) is 1. The molecule has 1 saturated heterocycles. The molecule has 2 rings (SSSR count). The second-order valence-corrected chi connectivity index (χ2v) is 7.10. The van der Waals surface area contributed by atoms with E-state index in [0.717, 1.165) is 38.0 Å². The monoisotopic (exact) mass is 325 g/mol. The van der Waals surface area contributed by atoms with Gasteiger partial charge in [-0.3, -0.25) is 4.90 Å². The normalized spacial score (nSPS) is 19.7. The van der Waals surface area contributed by atoms with Crippen molar-refractivity contribution in [3.63, 3.8) is 0 Å². The molecular weight excluding hydrogens is 302 g/mol. The van der Waals surface area contributed by atoms with Gasteiger partial charge in [0.1, 0.15) is 10.8 Å². The van der Waals surface area contributed by atoms with E-state index in [1.165, 1.54) is 0 Å². The maximum Gasteiger partial charge on any atom is 0.407 e. The maximum atomic E-state index is 11.9. The molecule has 1 fully saturated rings. The van der Waals surface area contributed by atoms with Gasteiger partial charge in [-0.2, -0.15) is 0 Å². The summed E-state index contributed by atoms with van der Waals surface area (Å²) in [5.74, 6) is 0. The lowest BCUT2D eigenvalue weighted by atomic mass is 10.1. The van der Waals surface area contributed by atoms with Crippen LogP contribution in [0.5, 0.6) is 0 Å². The molecular formula is C16H24ClN3O2. The average molecular weight is 326 g/mol. The Morgan fingerprint density at radius 2 is 2.27 bits per heavy atom. The summed E-state index contributed by atoms with van der Waals surface area (Å²) in [5, 5.41) is 3.47. The summed E-state index contributed by atoms with van der Waals surface area (Å²) in [7, 11) is 0. The Morgan fingerprint density at radius 3 is 2.91 bits per heavy atom. The molecule has 0 bridgehead atoms.